The fraction of sp³-hybridized carbons (Fsp3) is 0. The van der Waals surface area contributed by atoms with Gasteiger partial charge in [0.2, 0.25) is 5.88 Å². The van der Waals surface area contributed by atoms with Crippen molar-refractivity contribution in [1.29, 1.82) is 0 Å². The Labute approximate surface area is 113 Å². The molecule has 4 rings (SSSR count). The summed E-state index contributed by atoms with van der Waals surface area (Å²) < 4.78 is 7.44. The molecular formula is C14H9N5O. The van der Waals surface area contributed by atoms with Crippen molar-refractivity contribution in [1.82, 2.24) is 25.0 Å². The summed E-state index contributed by atoms with van der Waals surface area (Å²) in [5.74, 6) is 1.63. The molecule has 0 atom stereocenters. The Kier molecular flexibility index (Phi) is 2.32. The van der Waals surface area contributed by atoms with Crippen molar-refractivity contribution in [2.45, 2.75) is 0 Å². The second-order valence-corrected chi connectivity index (χ2v) is 4.24. The fourth-order valence-electron chi connectivity index (χ4n) is 2.08. The van der Waals surface area contributed by atoms with E-state index in [0.717, 1.165) is 16.7 Å². The second-order valence-electron chi connectivity index (χ2n) is 4.24. The number of ether oxygens (including phenoxy) is 1. The molecule has 0 amide bonds. The summed E-state index contributed by atoms with van der Waals surface area (Å²) in [7, 11) is 0. The predicted octanol–water partition coefficient (Wildman–Crippen LogP) is 2.46. The van der Waals surface area contributed by atoms with Crippen LogP contribution in [0.5, 0.6) is 11.6 Å². The lowest BCUT2D eigenvalue weighted by molar-refractivity contribution is 0.469. The van der Waals surface area contributed by atoms with Gasteiger partial charge in [0.15, 0.2) is 0 Å². The van der Waals surface area contributed by atoms with Crippen LogP contribution < -0.4 is 4.74 Å². The van der Waals surface area contributed by atoms with Gasteiger partial charge in [-0.15, -0.1) is 0 Å². The van der Waals surface area contributed by atoms with Gasteiger partial charge in [0, 0.05) is 0 Å². The van der Waals surface area contributed by atoms with Crippen LogP contribution in [0, 0.1) is 0 Å². The molecule has 0 aliphatic heterocycles. The number of hydrogen-bond acceptors (Lipinski definition) is 5. The predicted molar refractivity (Wildman–Crippen MR) is 72.6 cm³/mol. The highest BCUT2D eigenvalue weighted by molar-refractivity contribution is 5.85. The van der Waals surface area contributed by atoms with Crippen LogP contribution in [-0.2, 0) is 0 Å². The van der Waals surface area contributed by atoms with Crippen molar-refractivity contribution in [3.8, 4) is 11.6 Å². The Morgan fingerprint density at radius 1 is 0.900 bits per heavy atom. The summed E-state index contributed by atoms with van der Waals surface area (Å²) in [6.45, 7) is 0. The van der Waals surface area contributed by atoms with Gasteiger partial charge in [0.05, 0.1) is 10.9 Å². The van der Waals surface area contributed by atoms with Crippen LogP contribution in [0.1, 0.15) is 0 Å². The molecule has 0 unspecified atom stereocenters. The van der Waals surface area contributed by atoms with E-state index >= 15 is 0 Å². The monoisotopic (exact) mass is 263 g/mol. The third kappa shape index (κ3) is 1.66. The molecule has 2 heterocycles. The number of benzene rings is 2. The quantitative estimate of drug-likeness (QED) is 0.556. The van der Waals surface area contributed by atoms with E-state index in [2.05, 4.69) is 20.5 Å². The Morgan fingerprint density at radius 2 is 1.70 bits per heavy atom. The van der Waals surface area contributed by atoms with E-state index < -0.39 is 0 Å². The standard InChI is InChI=1S/C14H9N5O/c1-2-6-10(7-3-1)20-13-11-8-4-5-9-12(11)19-14(15-13)16-17-18-19/h1-9H. The molecule has 6 nitrogen and oxygen atoms in total. The first-order valence-electron chi connectivity index (χ1n) is 6.11. The van der Waals surface area contributed by atoms with Gasteiger partial charge < -0.3 is 4.74 Å². The van der Waals surface area contributed by atoms with Crippen molar-refractivity contribution < 1.29 is 4.74 Å². The molecule has 20 heavy (non-hydrogen) atoms. The summed E-state index contributed by atoms with van der Waals surface area (Å²) in [6, 6.07) is 17.2. The molecule has 0 radical (unpaired) electrons. The number of tetrazole rings is 1. The molecule has 0 saturated heterocycles. The summed E-state index contributed by atoms with van der Waals surface area (Å²) in [5.41, 5.74) is 0.855. The lowest BCUT2D eigenvalue weighted by Crippen LogP contribution is -1.97. The summed E-state index contributed by atoms with van der Waals surface area (Å²) in [6.07, 6.45) is 0. The van der Waals surface area contributed by atoms with Crippen LogP contribution in [-0.4, -0.2) is 25.0 Å². The normalized spacial score (nSPS) is 11.0. The van der Waals surface area contributed by atoms with E-state index in [4.69, 9.17) is 4.74 Å². The number of aromatic nitrogens is 5. The van der Waals surface area contributed by atoms with Gasteiger partial charge in [-0.05, 0) is 34.7 Å². The molecule has 0 N–H and O–H groups in total. The molecule has 2 aromatic carbocycles. The molecule has 6 heteroatoms. The molecule has 0 saturated carbocycles. The number of para-hydroxylation sites is 2. The van der Waals surface area contributed by atoms with Crippen molar-refractivity contribution in [3.05, 3.63) is 54.6 Å². The van der Waals surface area contributed by atoms with Gasteiger partial charge in [0.1, 0.15) is 5.75 Å². The van der Waals surface area contributed by atoms with Crippen molar-refractivity contribution in [2.75, 3.05) is 0 Å². The largest absolute Gasteiger partial charge is 0.438 e. The zero-order valence-electron chi connectivity index (χ0n) is 10.3. The smallest absolute Gasteiger partial charge is 0.277 e. The van der Waals surface area contributed by atoms with Crippen LogP contribution in [0.3, 0.4) is 0 Å². The second kappa shape index (κ2) is 4.27. The van der Waals surface area contributed by atoms with Gasteiger partial charge in [-0.3, -0.25) is 0 Å². The van der Waals surface area contributed by atoms with Gasteiger partial charge in [-0.25, -0.2) is 0 Å². The number of hydrogen-bond donors (Lipinski definition) is 0. The number of fused-ring (bicyclic) bond motifs is 3. The van der Waals surface area contributed by atoms with E-state index in [1.165, 1.54) is 0 Å². The van der Waals surface area contributed by atoms with E-state index in [1.54, 1.807) is 4.52 Å². The van der Waals surface area contributed by atoms with Crippen LogP contribution in [0.15, 0.2) is 54.6 Å². The average Bonchev–Trinajstić information content (AvgIpc) is 2.97. The van der Waals surface area contributed by atoms with Crippen LogP contribution in [0.4, 0.5) is 0 Å². The van der Waals surface area contributed by atoms with E-state index in [-0.39, 0.29) is 0 Å². The molecular weight excluding hydrogens is 254 g/mol. The topological polar surface area (TPSA) is 65.2 Å². The van der Waals surface area contributed by atoms with Gasteiger partial charge in [-0.1, -0.05) is 35.4 Å². The van der Waals surface area contributed by atoms with Crippen LogP contribution in [0.2, 0.25) is 0 Å². The maximum absolute atomic E-state index is 5.85. The van der Waals surface area contributed by atoms with Crippen LogP contribution >= 0.6 is 0 Å². The molecule has 2 aromatic heterocycles. The third-order valence-corrected chi connectivity index (χ3v) is 2.97. The highest BCUT2D eigenvalue weighted by Gasteiger charge is 2.11. The van der Waals surface area contributed by atoms with Crippen molar-refractivity contribution in [2.24, 2.45) is 0 Å². The van der Waals surface area contributed by atoms with E-state index in [1.807, 2.05) is 54.6 Å². The van der Waals surface area contributed by atoms with Crippen molar-refractivity contribution >= 4 is 16.7 Å². The van der Waals surface area contributed by atoms with E-state index in [0.29, 0.717) is 11.7 Å². The van der Waals surface area contributed by atoms with Gasteiger partial charge in [0.25, 0.3) is 5.78 Å². The molecule has 0 bridgehead atoms. The first-order chi connectivity index (χ1) is 9.92. The minimum atomic E-state index is 0.412. The van der Waals surface area contributed by atoms with Crippen LogP contribution in [0.25, 0.3) is 16.7 Å². The SMILES string of the molecule is c1ccc(Oc2nc3nnnn3c3ccccc23)cc1. The molecule has 0 fully saturated rings. The Bertz CT molecular complexity index is 888. The maximum Gasteiger partial charge on any atom is 0.277 e. The first kappa shape index (κ1) is 10.9. The van der Waals surface area contributed by atoms with Gasteiger partial charge in [-0.2, -0.15) is 9.50 Å². The average molecular weight is 263 g/mol. The summed E-state index contributed by atoms with van der Waals surface area (Å²) in [5, 5.41) is 12.3. The third-order valence-electron chi connectivity index (χ3n) is 2.97. The molecule has 0 aliphatic rings. The Hall–Kier alpha value is -3.02. The first-order valence-corrected chi connectivity index (χ1v) is 6.11. The fourth-order valence-corrected chi connectivity index (χ4v) is 2.08. The number of rotatable bonds is 2. The molecule has 0 aliphatic carbocycles. The minimum absolute atomic E-state index is 0.412. The summed E-state index contributed by atoms with van der Waals surface area (Å²) in [4.78, 5) is 4.36. The molecule has 0 spiro atoms. The van der Waals surface area contributed by atoms with E-state index in [9.17, 15) is 0 Å². The molecule has 96 valence electrons. The highest BCUT2D eigenvalue weighted by Crippen LogP contribution is 2.27. The highest BCUT2D eigenvalue weighted by atomic mass is 16.5. The minimum Gasteiger partial charge on any atom is -0.438 e. The zero-order valence-corrected chi connectivity index (χ0v) is 10.3. The van der Waals surface area contributed by atoms with Gasteiger partial charge >= 0.3 is 0 Å². The molecule has 4 aromatic rings. The lowest BCUT2D eigenvalue weighted by atomic mass is 10.2. The summed E-state index contributed by atoms with van der Waals surface area (Å²) >= 11 is 0. The van der Waals surface area contributed by atoms with Crippen molar-refractivity contribution in [3.63, 3.8) is 0 Å². The zero-order chi connectivity index (χ0) is 13.4. The number of nitrogens with zero attached hydrogens (tertiary/aromatic N) is 5. The Balaban J connectivity index is 1.96. The maximum atomic E-state index is 5.85. The Morgan fingerprint density at radius 3 is 2.60 bits per heavy atom. The lowest BCUT2D eigenvalue weighted by Gasteiger charge is -2.08.